The molecule has 0 unspecified atom stereocenters. The lowest BCUT2D eigenvalue weighted by molar-refractivity contribution is 0.278. The van der Waals surface area contributed by atoms with Gasteiger partial charge in [0.25, 0.3) is 10.0 Å². The van der Waals surface area contributed by atoms with Gasteiger partial charge >= 0.3 is 0 Å². The fraction of sp³-hybridized carbons (Fsp3) is 0.182. The molecule has 0 aliphatic rings. The summed E-state index contributed by atoms with van der Waals surface area (Å²) in [4.78, 5) is 0. The Kier molecular flexibility index (Phi) is 4.31. The molecule has 0 aliphatic heterocycles. The van der Waals surface area contributed by atoms with Gasteiger partial charge in [-0.25, -0.2) is 0 Å². The molecule has 0 amide bonds. The van der Waals surface area contributed by atoms with E-state index in [0.717, 1.165) is 0 Å². The third-order valence-corrected chi connectivity index (χ3v) is 4.40. The van der Waals surface area contributed by atoms with Crippen molar-refractivity contribution in [2.75, 3.05) is 11.8 Å². The topological polar surface area (TPSA) is 104 Å². The normalized spacial score (nSPS) is 11.3. The number of aliphatic hydroxyl groups excluding tert-OH is 1. The lowest BCUT2D eigenvalue weighted by atomic mass is 10.3. The van der Waals surface area contributed by atoms with E-state index in [1.807, 2.05) is 0 Å². The number of methoxy groups -OCH3 is 1. The van der Waals surface area contributed by atoms with E-state index in [1.54, 1.807) is 18.2 Å². The van der Waals surface area contributed by atoms with E-state index in [2.05, 4.69) is 30.8 Å². The molecule has 0 bridgehead atoms. The summed E-state index contributed by atoms with van der Waals surface area (Å²) >= 11 is 3.26. The van der Waals surface area contributed by atoms with Crippen molar-refractivity contribution < 1.29 is 18.3 Å². The second kappa shape index (κ2) is 5.81. The van der Waals surface area contributed by atoms with Crippen LogP contribution in [0.5, 0.6) is 5.75 Å². The number of hydrogen-bond acceptors (Lipinski definition) is 5. The number of nitrogens with zero attached hydrogens (tertiary/aromatic N) is 1. The van der Waals surface area contributed by atoms with Crippen molar-refractivity contribution in [1.29, 1.82) is 0 Å². The first-order chi connectivity index (χ1) is 9.47. The predicted molar refractivity (Wildman–Crippen MR) is 76.0 cm³/mol. The SMILES string of the molecule is COc1ccc(Br)cc1NS(=O)(=O)c1[nH]ncc1CO. The molecule has 2 aromatic rings. The number of hydrogen-bond donors (Lipinski definition) is 3. The van der Waals surface area contributed by atoms with Gasteiger partial charge in [0.05, 0.1) is 25.6 Å². The van der Waals surface area contributed by atoms with Gasteiger partial charge in [-0.1, -0.05) is 15.9 Å². The Hall–Kier alpha value is -1.58. The molecule has 20 heavy (non-hydrogen) atoms. The van der Waals surface area contributed by atoms with Gasteiger partial charge in [-0.3, -0.25) is 9.82 Å². The summed E-state index contributed by atoms with van der Waals surface area (Å²) in [5.74, 6) is 0.377. The second-order valence-corrected chi connectivity index (χ2v) is 6.37. The molecule has 0 aliphatic carbocycles. The molecule has 2 rings (SSSR count). The molecule has 0 saturated carbocycles. The predicted octanol–water partition coefficient (Wildman–Crippen LogP) is 1.47. The van der Waals surface area contributed by atoms with Crippen LogP contribution in [0, 0.1) is 0 Å². The van der Waals surface area contributed by atoms with Crippen LogP contribution in [-0.4, -0.2) is 30.8 Å². The van der Waals surface area contributed by atoms with Gasteiger partial charge in [0.1, 0.15) is 5.75 Å². The van der Waals surface area contributed by atoms with Crippen LogP contribution in [0.15, 0.2) is 33.9 Å². The number of anilines is 1. The Balaban J connectivity index is 2.41. The van der Waals surface area contributed by atoms with Crippen LogP contribution in [0.4, 0.5) is 5.69 Å². The van der Waals surface area contributed by atoms with Crippen molar-refractivity contribution in [3.63, 3.8) is 0 Å². The number of aliphatic hydroxyl groups is 1. The minimum atomic E-state index is -3.89. The zero-order chi connectivity index (χ0) is 14.8. The summed E-state index contributed by atoms with van der Waals surface area (Å²) in [6.45, 7) is -0.428. The first-order valence-electron chi connectivity index (χ1n) is 5.47. The summed E-state index contributed by atoms with van der Waals surface area (Å²) < 4.78 is 32.7. The first-order valence-corrected chi connectivity index (χ1v) is 7.75. The van der Waals surface area contributed by atoms with Crippen LogP contribution in [-0.2, 0) is 16.6 Å². The largest absolute Gasteiger partial charge is 0.495 e. The van der Waals surface area contributed by atoms with Gasteiger partial charge in [-0.05, 0) is 18.2 Å². The molecule has 0 spiro atoms. The van der Waals surface area contributed by atoms with Crippen molar-refractivity contribution in [2.45, 2.75) is 11.6 Å². The highest BCUT2D eigenvalue weighted by atomic mass is 79.9. The van der Waals surface area contributed by atoms with E-state index < -0.39 is 16.6 Å². The molecule has 0 saturated heterocycles. The summed E-state index contributed by atoms with van der Waals surface area (Å²) in [5, 5.41) is 14.9. The number of sulfonamides is 1. The van der Waals surface area contributed by atoms with Gasteiger partial charge in [0.15, 0.2) is 5.03 Å². The van der Waals surface area contributed by atoms with Crippen LogP contribution in [0.2, 0.25) is 0 Å². The van der Waals surface area contributed by atoms with E-state index in [9.17, 15) is 8.42 Å². The average Bonchev–Trinajstić information content (AvgIpc) is 2.87. The molecule has 1 aromatic carbocycles. The van der Waals surface area contributed by atoms with Crippen molar-refractivity contribution >= 4 is 31.6 Å². The zero-order valence-corrected chi connectivity index (χ0v) is 12.8. The summed E-state index contributed by atoms with van der Waals surface area (Å²) in [5.41, 5.74) is 0.465. The Morgan fingerprint density at radius 2 is 2.25 bits per heavy atom. The molecular weight excluding hydrogens is 350 g/mol. The van der Waals surface area contributed by atoms with E-state index in [0.29, 0.717) is 10.2 Å². The zero-order valence-electron chi connectivity index (χ0n) is 10.4. The number of aromatic amines is 1. The number of aromatic nitrogens is 2. The Labute approximate surface area is 124 Å². The van der Waals surface area contributed by atoms with Crippen molar-refractivity contribution in [1.82, 2.24) is 10.2 Å². The minimum absolute atomic E-state index is 0.179. The van der Waals surface area contributed by atoms with Gasteiger partial charge in [0.2, 0.25) is 0 Å². The number of rotatable bonds is 5. The molecule has 0 fully saturated rings. The quantitative estimate of drug-likeness (QED) is 0.747. The summed E-state index contributed by atoms with van der Waals surface area (Å²) in [6.07, 6.45) is 1.26. The number of ether oxygens (including phenoxy) is 1. The number of nitrogens with one attached hydrogen (secondary N) is 2. The fourth-order valence-electron chi connectivity index (χ4n) is 1.60. The maximum atomic E-state index is 12.3. The molecular formula is C11H12BrN3O4S. The van der Waals surface area contributed by atoms with Crippen LogP contribution < -0.4 is 9.46 Å². The third kappa shape index (κ3) is 2.94. The maximum Gasteiger partial charge on any atom is 0.279 e. The summed E-state index contributed by atoms with van der Waals surface area (Å²) in [6, 6.07) is 4.93. The number of halogens is 1. The monoisotopic (exact) mass is 361 g/mol. The molecule has 7 nitrogen and oxygen atoms in total. The van der Waals surface area contributed by atoms with Crippen LogP contribution in [0.25, 0.3) is 0 Å². The molecule has 0 radical (unpaired) electrons. The highest BCUT2D eigenvalue weighted by Gasteiger charge is 2.22. The highest BCUT2D eigenvalue weighted by molar-refractivity contribution is 9.10. The molecule has 1 heterocycles. The van der Waals surface area contributed by atoms with Crippen molar-refractivity contribution in [2.24, 2.45) is 0 Å². The second-order valence-electron chi connectivity index (χ2n) is 3.83. The van der Waals surface area contributed by atoms with Crippen LogP contribution in [0.1, 0.15) is 5.56 Å². The lowest BCUT2D eigenvalue weighted by Gasteiger charge is -2.11. The molecule has 108 valence electrons. The van der Waals surface area contributed by atoms with Gasteiger partial charge < -0.3 is 9.84 Å². The van der Waals surface area contributed by atoms with Gasteiger partial charge in [-0.2, -0.15) is 13.5 Å². The van der Waals surface area contributed by atoms with Gasteiger partial charge in [-0.15, -0.1) is 0 Å². The fourth-order valence-corrected chi connectivity index (χ4v) is 3.15. The standard InChI is InChI=1S/C11H12BrN3O4S/c1-19-10-3-2-8(12)4-9(10)15-20(17,18)11-7(6-16)5-13-14-11/h2-5,15-16H,6H2,1H3,(H,13,14). The average molecular weight is 362 g/mol. The first kappa shape index (κ1) is 14.8. The Bertz CT molecular complexity index is 714. The minimum Gasteiger partial charge on any atom is -0.495 e. The lowest BCUT2D eigenvalue weighted by Crippen LogP contribution is -2.15. The Morgan fingerprint density at radius 1 is 1.50 bits per heavy atom. The highest BCUT2D eigenvalue weighted by Crippen LogP contribution is 2.30. The van der Waals surface area contributed by atoms with E-state index in [4.69, 9.17) is 9.84 Å². The number of benzene rings is 1. The third-order valence-electron chi connectivity index (χ3n) is 2.52. The molecule has 3 N–H and O–H groups in total. The molecule has 1 aromatic heterocycles. The van der Waals surface area contributed by atoms with Crippen LogP contribution in [0.3, 0.4) is 0 Å². The van der Waals surface area contributed by atoms with Crippen molar-refractivity contribution in [3.8, 4) is 5.75 Å². The maximum absolute atomic E-state index is 12.3. The Morgan fingerprint density at radius 3 is 2.90 bits per heavy atom. The summed E-state index contributed by atoms with van der Waals surface area (Å²) in [7, 11) is -2.45. The van der Waals surface area contributed by atoms with E-state index >= 15 is 0 Å². The van der Waals surface area contributed by atoms with Crippen molar-refractivity contribution in [3.05, 3.63) is 34.4 Å². The van der Waals surface area contributed by atoms with E-state index in [-0.39, 0.29) is 16.3 Å². The molecule has 0 atom stereocenters. The van der Waals surface area contributed by atoms with Crippen LogP contribution >= 0.6 is 15.9 Å². The number of H-pyrrole nitrogens is 1. The smallest absolute Gasteiger partial charge is 0.279 e. The van der Waals surface area contributed by atoms with E-state index in [1.165, 1.54) is 13.3 Å². The molecule has 9 heteroatoms. The van der Waals surface area contributed by atoms with Gasteiger partial charge in [0, 0.05) is 10.0 Å².